The number of pyridine rings is 1. The highest BCUT2D eigenvalue weighted by Crippen LogP contribution is 2.48. The van der Waals surface area contributed by atoms with Crippen LogP contribution in [0.15, 0.2) is 65.3 Å². The lowest BCUT2D eigenvalue weighted by Crippen LogP contribution is -2.48. The van der Waals surface area contributed by atoms with E-state index in [1.807, 2.05) is 12.1 Å². The molecule has 176 valence electrons. The summed E-state index contributed by atoms with van der Waals surface area (Å²) in [6.07, 6.45) is 1.30. The third-order valence-corrected chi connectivity index (χ3v) is 8.78. The number of carbonyl (C=O) groups is 1. The Balaban J connectivity index is 1.70. The zero-order valence-electron chi connectivity index (χ0n) is 17.7. The average Bonchev–Trinajstić information content (AvgIpc) is 3.25. The van der Waals surface area contributed by atoms with Gasteiger partial charge < -0.3 is 4.74 Å². The van der Waals surface area contributed by atoms with E-state index >= 15 is 0 Å². The molecule has 3 aromatic rings. The highest BCUT2D eigenvalue weighted by atomic mass is 79.9. The Hall–Kier alpha value is -1.97. The van der Waals surface area contributed by atoms with Crippen LogP contribution in [0.5, 0.6) is 0 Å². The molecule has 2 aliphatic heterocycles. The molecule has 0 bridgehead atoms. The van der Waals surface area contributed by atoms with Crippen molar-refractivity contribution in [3.05, 3.63) is 97.7 Å². The SMILES string of the molecule is O=C1c2cc(Br)ccc2C(OC2CCS(=O)(=O)C2)(c2ccc(Cl)cc2)N1Cc1ccc(Cl)cn1. The highest BCUT2D eigenvalue weighted by Gasteiger charge is 2.54. The van der Waals surface area contributed by atoms with Crippen molar-refractivity contribution >= 4 is 54.9 Å². The molecule has 1 fully saturated rings. The Kier molecular flexibility index (Phi) is 6.23. The second kappa shape index (κ2) is 8.91. The molecule has 10 heteroatoms. The monoisotopic (exact) mass is 580 g/mol. The van der Waals surface area contributed by atoms with Crippen LogP contribution in [0, 0.1) is 0 Å². The average molecular weight is 582 g/mol. The summed E-state index contributed by atoms with van der Waals surface area (Å²) in [4.78, 5) is 19.8. The summed E-state index contributed by atoms with van der Waals surface area (Å²) in [7, 11) is -3.22. The largest absolute Gasteiger partial charge is 0.343 e. The Morgan fingerprint density at radius 3 is 2.47 bits per heavy atom. The topological polar surface area (TPSA) is 76.6 Å². The van der Waals surface area contributed by atoms with Gasteiger partial charge in [0.15, 0.2) is 15.6 Å². The van der Waals surface area contributed by atoms with Crippen LogP contribution in [-0.2, 0) is 26.8 Å². The molecular formula is C24H19BrCl2N2O4S. The van der Waals surface area contributed by atoms with Gasteiger partial charge in [-0.1, -0.05) is 57.3 Å². The van der Waals surface area contributed by atoms with Gasteiger partial charge in [0.25, 0.3) is 5.91 Å². The molecule has 2 atom stereocenters. The molecule has 2 aromatic carbocycles. The first-order valence-electron chi connectivity index (χ1n) is 10.5. The van der Waals surface area contributed by atoms with E-state index in [-0.39, 0.29) is 24.0 Å². The number of ether oxygens (including phenoxy) is 1. The summed E-state index contributed by atoms with van der Waals surface area (Å²) in [5.74, 6) is -0.298. The molecule has 0 aliphatic carbocycles. The number of amides is 1. The van der Waals surface area contributed by atoms with Crippen molar-refractivity contribution in [1.82, 2.24) is 9.88 Å². The Bertz CT molecular complexity index is 1370. The number of hydrogen-bond donors (Lipinski definition) is 0. The van der Waals surface area contributed by atoms with Gasteiger partial charge in [-0.05, 0) is 42.8 Å². The molecule has 1 amide bonds. The summed E-state index contributed by atoms with van der Waals surface area (Å²) in [5.41, 5.74) is 1.04. The molecule has 0 saturated carbocycles. The van der Waals surface area contributed by atoms with Crippen LogP contribution in [-0.4, -0.2) is 41.8 Å². The summed E-state index contributed by atoms with van der Waals surface area (Å²) in [6.45, 7) is 0.129. The van der Waals surface area contributed by atoms with E-state index in [2.05, 4.69) is 20.9 Å². The maximum Gasteiger partial charge on any atom is 0.257 e. The predicted molar refractivity (Wildman–Crippen MR) is 134 cm³/mol. The van der Waals surface area contributed by atoms with Crippen LogP contribution in [0.1, 0.15) is 33.6 Å². The van der Waals surface area contributed by atoms with Crippen LogP contribution in [0.3, 0.4) is 0 Å². The highest BCUT2D eigenvalue weighted by molar-refractivity contribution is 9.10. The van der Waals surface area contributed by atoms with Gasteiger partial charge in [-0.3, -0.25) is 14.7 Å². The van der Waals surface area contributed by atoms with Crippen molar-refractivity contribution in [2.45, 2.75) is 24.8 Å². The minimum absolute atomic E-state index is 0.0498. The van der Waals surface area contributed by atoms with Gasteiger partial charge in [0.05, 0.1) is 34.9 Å². The first-order valence-corrected chi connectivity index (χ1v) is 13.9. The Morgan fingerprint density at radius 2 is 1.82 bits per heavy atom. The molecule has 1 saturated heterocycles. The van der Waals surface area contributed by atoms with Gasteiger partial charge in [-0.2, -0.15) is 0 Å². The quantitative estimate of drug-likeness (QED) is 0.413. The van der Waals surface area contributed by atoms with E-state index in [1.165, 1.54) is 6.20 Å². The van der Waals surface area contributed by atoms with Gasteiger partial charge in [0.2, 0.25) is 0 Å². The van der Waals surface area contributed by atoms with Crippen LogP contribution < -0.4 is 0 Å². The van der Waals surface area contributed by atoms with Gasteiger partial charge in [0, 0.05) is 32.4 Å². The fourth-order valence-corrected chi connectivity index (χ4v) is 6.73. The molecule has 0 spiro atoms. The number of rotatable bonds is 5. The van der Waals surface area contributed by atoms with Crippen molar-refractivity contribution in [3.8, 4) is 0 Å². The van der Waals surface area contributed by atoms with Crippen LogP contribution >= 0.6 is 39.1 Å². The number of nitrogens with zero attached hydrogens (tertiary/aromatic N) is 2. The molecular weight excluding hydrogens is 563 g/mol. The van der Waals surface area contributed by atoms with Crippen molar-refractivity contribution < 1.29 is 17.9 Å². The predicted octanol–water partition coefficient (Wildman–Crippen LogP) is 5.21. The standard InChI is InChI=1S/C24H19BrCl2N2O4S/c25-16-3-8-22-21(11-16)23(30)29(13-19-7-6-18(27)12-28-19)24(22,15-1-4-17(26)5-2-15)33-20-9-10-34(31,32)14-20/h1-8,11-12,20H,9-10,13-14H2. The number of sulfone groups is 1. The van der Waals surface area contributed by atoms with Gasteiger partial charge >= 0.3 is 0 Å². The second-order valence-corrected chi connectivity index (χ2v) is 12.4. The van der Waals surface area contributed by atoms with Gasteiger partial charge in [-0.15, -0.1) is 0 Å². The summed E-state index contributed by atoms with van der Waals surface area (Å²) >= 11 is 15.6. The molecule has 1 aromatic heterocycles. The van der Waals surface area contributed by atoms with E-state index in [1.54, 1.807) is 47.4 Å². The van der Waals surface area contributed by atoms with Crippen molar-refractivity contribution in [3.63, 3.8) is 0 Å². The van der Waals surface area contributed by atoms with Crippen molar-refractivity contribution in [1.29, 1.82) is 0 Å². The number of benzene rings is 2. The van der Waals surface area contributed by atoms with E-state index in [4.69, 9.17) is 27.9 Å². The Morgan fingerprint density at radius 1 is 1.09 bits per heavy atom. The molecule has 6 nitrogen and oxygen atoms in total. The minimum Gasteiger partial charge on any atom is -0.343 e. The zero-order valence-corrected chi connectivity index (χ0v) is 21.7. The summed E-state index contributed by atoms with van der Waals surface area (Å²) < 4.78 is 31.9. The van der Waals surface area contributed by atoms with Crippen LogP contribution in [0.2, 0.25) is 10.0 Å². The smallest absolute Gasteiger partial charge is 0.257 e. The third-order valence-electron chi connectivity index (χ3n) is 6.07. The van der Waals surface area contributed by atoms with E-state index in [9.17, 15) is 13.2 Å². The number of aromatic nitrogens is 1. The maximum atomic E-state index is 13.8. The summed E-state index contributed by atoms with van der Waals surface area (Å²) in [5, 5.41) is 1.02. The molecule has 5 rings (SSSR count). The fraction of sp³-hybridized carbons (Fsp3) is 0.250. The molecule has 2 aliphatic rings. The lowest BCUT2D eigenvalue weighted by atomic mass is 9.93. The fourth-order valence-electron chi connectivity index (χ4n) is 4.55. The molecule has 34 heavy (non-hydrogen) atoms. The minimum atomic E-state index is -3.22. The summed E-state index contributed by atoms with van der Waals surface area (Å²) in [6, 6.07) is 16.0. The van der Waals surface area contributed by atoms with Crippen molar-refractivity contribution in [2.24, 2.45) is 0 Å². The van der Waals surface area contributed by atoms with Crippen molar-refractivity contribution in [2.75, 3.05) is 11.5 Å². The molecule has 3 heterocycles. The second-order valence-electron chi connectivity index (χ2n) is 8.34. The number of carbonyl (C=O) groups excluding carboxylic acids is 1. The molecule has 0 radical (unpaired) electrons. The van der Waals surface area contributed by atoms with E-state index in [0.717, 1.165) is 4.47 Å². The number of hydrogen-bond acceptors (Lipinski definition) is 5. The van der Waals surface area contributed by atoms with Crippen LogP contribution in [0.25, 0.3) is 0 Å². The third kappa shape index (κ3) is 4.27. The van der Waals surface area contributed by atoms with E-state index < -0.39 is 21.7 Å². The maximum absolute atomic E-state index is 13.8. The first kappa shape index (κ1) is 23.8. The lowest BCUT2D eigenvalue weighted by molar-refractivity contribution is -0.140. The first-order chi connectivity index (χ1) is 16.2. The number of fused-ring (bicyclic) bond motifs is 1. The van der Waals surface area contributed by atoms with Gasteiger partial charge in [-0.25, -0.2) is 8.42 Å². The van der Waals surface area contributed by atoms with E-state index in [0.29, 0.717) is 38.9 Å². The molecule has 0 N–H and O–H groups in total. The normalized spacial score (nSPS) is 23.3. The lowest BCUT2D eigenvalue weighted by Gasteiger charge is -2.41. The zero-order chi connectivity index (χ0) is 24.1. The number of halogens is 3. The van der Waals surface area contributed by atoms with Crippen LogP contribution in [0.4, 0.5) is 0 Å². The molecule has 2 unspecified atom stereocenters. The Labute approximate surface area is 215 Å². The van der Waals surface area contributed by atoms with Gasteiger partial charge in [0.1, 0.15) is 0 Å².